The monoisotopic (exact) mass is 389 g/mol. The zero-order chi connectivity index (χ0) is 19.8. The van der Waals surface area contributed by atoms with Crippen LogP contribution in [-0.2, 0) is 9.59 Å². The number of benzene rings is 1. The van der Waals surface area contributed by atoms with E-state index in [2.05, 4.69) is 15.6 Å². The summed E-state index contributed by atoms with van der Waals surface area (Å²) < 4.78 is 5.24. The summed E-state index contributed by atoms with van der Waals surface area (Å²) in [6, 6.07) is 4.63. The van der Waals surface area contributed by atoms with E-state index in [4.69, 9.17) is 4.74 Å². The summed E-state index contributed by atoms with van der Waals surface area (Å²) in [7, 11) is 1.45. The molecule has 1 saturated carbocycles. The number of carbonyl (C=O) groups excluding carboxylic acids is 2. The van der Waals surface area contributed by atoms with Crippen molar-refractivity contribution in [2.45, 2.75) is 13.8 Å². The predicted molar refractivity (Wildman–Crippen MR) is 100 cm³/mol. The first-order valence-corrected chi connectivity index (χ1v) is 9.06. The summed E-state index contributed by atoms with van der Waals surface area (Å²) in [5.41, 5.74) is -0.00420. The van der Waals surface area contributed by atoms with Gasteiger partial charge in [0, 0.05) is 17.1 Å². The largest absolute Gasteiger partial charge is 0.495 e. The number of ether oxygens (including phenoxy) is 1. The van der Waals surface area contributed by atoms with Crippen LogP contribution in [0.4, 0.5) is 10.8 Å². The molecule has 1 aliphatic carbocycles. The van der Waals surface area contributed by atoms with Gasteiger partial charge in [0.15, 0.2) is 5.13 Å². The molecule has 2 amide bonds. The Hall–Kier alpha value is -2.94. The molecule has 27 heavy (non-hydrogen) atoms. The lowest BCUT2D eigenvalue weighted by Gasteiger charge is -2.12. The van der Waals surface area contributed by atoms with Gasteiger partial charge in [0.05, 0.1) is 24.6 Å². The fourth-order valence-corrected chi connectivity index (χ4v) is 3.72. The Morgan fingerprint density at radius 2 is 1.96 bits per heavy atom. The molecule has 0 bridgehead atoms. The van der Waals surface area contributed by atoms with E-state index in [1.54, 1.807) is 37.6 Å². The topological polar surface area (TPSA) is 118 Å². The SMILES string of the molecule is COc1ccc(C(=O)Nc2nccs2)cc1NC(=O)[C@@H]1[C@H](C(=O)O)C1(C)C. The molecule has 0 spiro atoms. The third kappa shape index (κ3) is 3.63. The molecular weight excluding hydrogens is 370 g/mol. The molecule has 0 saturated heterocycles. The Labute approximate surface area is 159 Å². The molecule has 0 aliphatic heterocycles. The van der Waals surface area contributed by atoms with Crippen LogP contribution in [0.2, 0.25) is 0 Å². The molecule has 3 rings (SSSR count). The van der Waals surface area contributed by atoms with Gasteiger partial charge < -0.3 is 15.2 Å². The van der Waals surface area contributed by atoms with Crippen molar-refractivity contribution in [1.82, 2.24) is 4.98 Å². The van der Waals surface area contributed by atoms with Gasteiger partial charge in [-0.25, -0.2) is 4.98 Å². The maximum absolute atomic E-state index is 12.6. The molecule has 0 unspecified atom stereocenters. The van der Waals surface area contributed by atoms with Gasteiger partial charge >= 0.3 is 5.97 Å². The van der Waals surface area contributed by atoms with Crippen LogP contribution < -0.4 is 15.4 Å². The molecule has 1 aromatic carbocycles. The summed E-state index contributed by atoms with van der Waals surface area (Å²) in [6.45, 7) is 3.48. The fourth-order valence-electron chi connectivity index (χ4n) is 3.20. The maximum Gasteiger partial charge on any atom is 0.307 e. The van der Waals surface area contributed by atoms with Crippen molar-refractivity contribution in [3.63, 3.8) is 0 Å². The Balaban J connectivity index is 1.79. The summed E-state index contributed by atoms with van der Waals surface area (Å²) >= 11 is 1.29. The molecular formula is C18H19N3O5S. The first kappa shape index (κ1) is 18.8. The van der Waals surface area contributed by atoms with Gasteiger partial charge in [-0.3, -0.25) is 19.7 Å². The van der Waals surface area contributed by atoms with Gasteiger partial charge in [0.1, 0.15) is 5.75 Å². The number of carboxylic acid groups (broad SMARTS) is 1. The normalized spacial score (nSPS) is 19.8. The van der Waals surface area contributed by atoms with Crippen molar-refractivity contribution in [3.05, 3.63) is 35.3 Å². The molecule has 1 heterocycles. The molecule has 1 aromatic heterocycles. The predicted octanol–water partition coefficient (Wildman–Crippen LogP) is 2.70. The number of nitrogens with one attached hydrogen (secondary N) is 2. The molecule has 1 fully saturated rings. The van der Waals surface area contributed by atoms with Gasteiger partial charge in [-0.05, 0) is 23.6 Å². The number of aliphatic carboxylic acids is 1. The van der Waals surface area contributed by atoms with Gasteiger partial charge in [0.25, 0.3) is 5.91 Å². The molecule has 3 N–H and O–H groups in total. The van der Waals surface area contributed by atoms with Gasteiger partial charge in [-0.2, -0.15) is 0 Å². The highest BCUT2D eigenvalue weighted by Gasteiger charge is 2.65. The Kier molecular flexibility index (Phi) is 4.88. The number of hydrogen-bond acceptors (Lipinski definition) is 6. The van der Waals surface area contributed by atoms with Crippen molar-refractivity contribution >= 4 is 39.9 Å². The number of aromatic nitrogens is 1. The van der Waals surface area contributed by atoms with Gasteiger partial charge in [-0.15, -0.1) is 11.3 Å². The fraction of sp³-hybridized carbons (Fsp3) is 0.333. The molecule has 9 heteroatoms. The Morgan fingerprint density at radius 1 is 1.22 bits per heavy atom. The van der Waals surface area contributed by atoms with Crippen LogP contribution in [0, 0.1) is 17.3 Å². The molecule has 142 valence electrons. The van der Waals surface area contributed by atoms with E-state index in [-0.39, 0.29) is 5.91 Å². The van der Waals surface area contributed by atoms with Crippen LogP contribution >= 0.6 is 11.3 Å². The highest BCUT2D eigenvalue weighted by atomic mass is 32.1. The molecule has 0 radical (unpaired) electrons. The summed E-state index contributed by atoms with van der Waals surface area (Å²) in [6.07, 6.45) is 1.58. The lowest BCUT2D eigenvalue weighted by molar-refractivity contribution is -0.140. The highest BCUT2D eigenvalue weighted by molar-refractivity contribution is 7.13. The average molecular weight is 389 g/mol. The van der Waals surface area contributed by atoms with Gasteiger partial charge in [0.2, 0.25) is 5.91 Å². The minimum absolute atomic E-state index is 0.307. The van der Waals surface area contributed by atoms with Gasteiger partial charge in [-0.1, -0.05) is 13.8 Å². The molecule has 2 aromatic rings. The summed E-state index contributed by atoms with van der Waals surface area (Å²) in [4.78, 5) is 40.2. The molecule has 8 nitrogen and oxygen atoms in total. The zero-order valence-electron chi connectivity index (χ0n) is 15.0. The first-order chi connectivity index (χ1) is 12.8. The maximum atomic E-state index is 12.6. The Bertz CT molecular complexity index is 894. The van der Waals surface area contributed by atoms with E-state index >= 15 is 0 Å². The summed E-state index contributed by atoms with van der Waals surface area (Å²) in [5, 5.41) is 16.8. The number of anilines is 2. The molecule has 2 atom stereocenters. The van der Waals surface area contributed by atoms with Crippen LogP contribution in [-0.4, -0.2) is 35.0 Å². The van der Waals surface area contributed by atoms with E-state index in [0.717, 1.165) is 0 Å². The van der Waals surface area contributed by atoms with Crippen molar-refractivity contribution in [2.75, 3.05) is 17.7 Å². The molecule has 1 aliphatic rings. The smallest absolute Gasteiger partial charge is 0.307 e. The first-order valence-electron chi connectivity index (χ1n) is 8.18. The average Bonchev–Trinajstić information content (AvgIpc) is 2.93. The second-order valence-electron chi connectivity index (χ2n) is 6.81. The van der Waals surface area contributed by atoms with Crippen LogP contribution in [0.25, 0.3) is 0 Å². The lowest BCUT2D eigenvalue weighted by atomic mass is 10.1. The number of rotatable bonds is 6. The Morgan fingerprint density at radius 3 is 2.52 bits per heavy atom. The van der Waals surface area contributed by atoms with Crippen molar-refractivity contribution in [1.29, 1.82) is 0 Å². The standard InChI is InChI=1S/C18H19N3O5S/c1-18(2)12(13(18)16(24)25)15(23)20-10-8-9(4-5-11(10)26-3)14(22)21-17-19-6-7-27-17/h4-8,12-13H,1-3H3,(H,20,23)(H,24,25)(H,19,21,22)/t12-,13+/m0/s1. The number of hydrogen-bond donors (Lipinski definition) is 3. The van der Waals surface area contributed by atoms with E-state index in [0.29, 0.717) is 22.1 Å². The minimum Gasteiger partial charge on any atom is -0.495 e. The van der Waals surface area contributed by atoms with E-state index in [1.807, 2.05) is 0 Å². The van der Waals surface area contributed by atoms with Crippen molar-refractivity contribution in [3.8, 4) is 5.75 Å². The van der Waals surface area contributed by atoms with Crippen molar-refractivity contribution in [2.24, 2.45) is 17.3 Å². The zero-order valence-corrected chi connectivity index (χ0v) is 15.8. The number of methoxy groups -OCH3 is 1. The van der Waals surface area contributed by atoms with E-state index < -0.39 is 29.1 Å². The van der Waals surface area contributed by atoms with E-state index in [1.165, 1.54) is 24.5 Å². The van der Waals surface area contributed by atoms with Crippen LogP contribution in [0.15, 0.2) is 29.8 Å². The second-order valence-corrected chi connectivity index (χ2v) is 7.71. The highest BCUT2D eigenvalue weighted by Crippen LogP contribution is 2.58. The minimum atomic E-state index is -0.997. The van der Waals surface area contributed by atoms with E-state index in [9.17, 15) is 19.5 Å². The number of carbonyl (C=O) groups is 3. The number of carboxylic acids is 1. The summed E-state index contributed by atoms with van der Waals surface area (Å²) in [5.74, 6) is -2.79. The lowest BCUT2D eigenvalue weighted by Crippen LogP contribution is -2.19. The van der Waals surface area contributed by atoms with Crippen LogP contribution in [0.3, 0.4) is 0 Å². The number of thiazole rings is 1. The number of amides is 2. The van der Waals surface area contributed by atoms with Crippen LogP contribution in [0.1, 0.15) is 24.2 Å². The van der Waals surface area contributed by atoms with Crippen molar-refractivity contribution < 1.29 is 24.2 Å². The third-order valence-electron chi connectivity index (χ3n) is 4.75. The number of nitrogens with zero attached hydrogens (tertiary/aromatic N) is 1. The van der Waals surface area contributed by atoms with Crippen LogP contribution in [0.5, 0.6) is 5.75 Å². The third-order valence-corrected chi connectivity index (χ3v) is 5.44. The quantitative estimate of drug-likeness (QED) is 0.699. The second kappa shape index (κ2) is 6.99.